The number of thioether (sulfide) groups is 1. The van der Waals surface area contributed by atoms with Crippen molar-refractivity contribution < 1.29 is 19.1 Å². The Morgan fingerprint density at radius 2 is 2.00 bits per heavy atom. The number of carbonyl (C=O) groups excluding carboxylic acids is 2. The molecule has 0 spiro atoms. The number of carbonyl (C=O) groups is 2. The van der Waals surface area contributed by atoms with Gasteiger partial charge in [-0.2, -0.15) is 0 Å². The average molecular weight is 553 g/mol. The number of amides is 2. The summed E-state index contributed by atoms with van der Waals surface area (Å²) in [4.78, 5) is 24.8. The first kappa shape index (κ1) is 23.4. The number of hydrogen-bond donors (Lipinski definition) is 2. The van der Waals surface area contributed by atoms with Gasteiger partial charge in [0, 0.05) is 22.3 Å². The lowest BCUT2D eigenvalue weighted by Gasteiger charge is -2.09. The third-order valence-corrected chi connectivity index (χ3v) is 6.89. The average Bonchev–Trinajstić information content (AvgIpc) is 3.44. The molecule has 3 aromatic rings. The van der Waals surface area contributed by atoms with E-state index < -0.39 is 0 Å². The van der Waals surface area contributed by atoms with Crippen LogP contribution < -0.4 is 20.1 Å². The molecule has 0 radical (unpaired) electrons. The third kappa shape index (κ3) is 5.60. The van der Waals surface area contributed by atoms with E-state index in [1.165, 1.54) is 11.8 Å². The van der Waals surface area contributed by atoms with E-state index in [1.54, 1.807) is 36.4 Å². The van der Waals surface area contributed by atoms with Crippen LogP contribution in [0.3, 0.4) is 0 Å². The summed E-state index contributed by atoms with van der Waals surface area (Å²) in [7, 11) is 0. The van der Waals surface area contributed by atoms with Crippen LogP contribution in [-0.4, -0.2) is 39.1 Å². The highest BCUT2D eigenvalue weighted by Crippen LogP contribution is 2.32. The fraction of sp³-hybridized carbons (Fsp3) is 0.238. The Bertz CT molecular complexity index is 1210. The van der Waals surface area contributed by atoms with E-state index >= 15 is 0 Å². The number of fused-ring (bicyclic) bond motifs is 1. The van der Waals surface area contributed by atoms with Crippen molar-refractivity contribution in [1.29, 1.82) is 0 Å². The van der Waals surface area contributed by atoms with Gasteiger partial charge in [0.2, 0.25) is 12.7 Å². The minimum Gasteiger partial charge on any atom is -0.454 e. The van der Waals surface area contributed by atoms with Crippen molar-refractivity contribution in [2.45, 2.75) is 25.2 Å². The lowest BCUT2D eigenvalue weighted by Crippen LogP contribution is -2.24. The zero-order valence-corrected chi connectivity index (χ0v) is 20.6. The van der Waals surface area contributed by atoms with Gasteiger partial charge in [0.05, 0.1) is 17.3 Å². The molecule has 0 atom stereocenters. The topological polar surface area (TPSA) is 107 Å². The number of rotatable bonds is 8. The van der Waals surface area contributed by atoms with Crippen LogP contribution in [0.4, 0.5) is 5.69 Å². The Hall–Kier alpha value is -2.76. The quantitative estimate of drug-likeness (QED) is 0.405. The molecule has 9 nitrogen and oxygen atoms in total. The maximum atomic E-state index is 12.5. The summed E-state index contributed by atoms with van der Waals surface area (Å²) in [5.74, 6) is 1.44. The highest BCUT2D eigenvalue weighted by atomic mass is 79.9. The van der Waals surface area contributed by atoms with Crippen LogP contribution in [0.2, 0.25) is 5.02 Å². The van der Waals surface area contributed by atoms with Crippen LogP contribution in [0.15, 0.2) is 46.0 Å². The summed E-state index contributed by atoms with van der Waals surface area (Å²) in [5.41, 5.74) is 1.07. The number of anilines is 1. The van der Waals surface area contributed by atoms with E-state index in [0.29, 0.717) is 45.3 Å². The van der Waals surface area contributed by atoms with E-state index in [1.807, 2.05) is 11.5 Å². The Morgan fingerprint density at radius 3 is 2.79 bits per heavy atom. The van der Waals surface area contributed by atoms with Crippen LogP contribution in [0.1, 0.15) is 23.1 Å². The number of benzene rings is 2. The Kier molecular flexibility index (Phi) is 7.41. The van der Waals surface area contributed by atoms with Crippen LogP contribution in [0.25, 0.3) is 0 Å². The fourth-order valence-electron chi connectivity index (χ4n) is 3.07. The van der Waals surface area contributed by atoms with Crippen molar-refractivity contribution in [1.82, 2.24) is 20.1 Å². The number of aromatic nitrogens is 3. The summed E-state index contributed by atoms with van der Waals surface area (Å²) >= 11 is 10.6. The van der Waals surface area contributed by atoms with Gasteiger partial charge >= 0.3 is 0 Å². The van der Waals surface area contributed by atoms with E-state index in [9.17, 15) is 9.59 Å². The van der Waals surface area contributed by atoms with Gasteiger partial charge in [-0.15, -0.1) is 10.2 Å². The van der Waals surface area contributed by atoms with E-state index in [0.717, 1.165) is 4.47 Å². The molecule has 1 aliphatic heterocycles. The first-order valence-corrected chi connectivity index (χ1v) is 12.1. The molecule has 0 saturated heterocycles. The molecular formula is C21H19BrClN5O4S. The van der Waals surface area contributed by atoms with Gasteiger partial charge in [0.25, 0.3) is 5.91 Å². The van der Waals surface area contributed by atoms with Crippen molar-refractivity contribution in [3.05, 3.63) is 57.3 Å². The highest BCUT2D eigenvalue weighted by molar-refractivity contribution is 9.10. The van der Waals surface area contributed by atoms with Crippen molar-refractivity contribution in [3.8, 4) is 11.5 Å². The Labute approximate surface area is 207 Å². The zero-order chi connectivity index (χ0) is 23.4. The molecule has 0 unspecified atom stereocenters. The molecule has 2 heterocycles. The number of hydrogen-bond acceptors (Lipinski definition) is 7. The molecule has 172 valence electrons. The molecule has 0 aliphatic carbocycles. The Morgan fingerprint density at radius 1 is 1.18 bits per heavy atom. The molecule has 12 heteroatoms. The number of nitrogens with one attached hydrogen (secondary N) is 2. The smallest absolute Gasteiger partial charge is 0.251 e. The van der Waals surface area contributed by atoms with Crippen molar-refractivity contribution in [3.63, 3.8) is 0 Å². The van der Waals surface area contributed by atoms with Crippen LogP contribution in [0, 0.1) is 0 Å². The van der Waals surface area contributed by atoms with E-state index in [4.69, 9.17) is 21.1 Å². The molecule has 0 saturated carbocycles. The van der Waals surface area contributed by atoms with Gasteiger partial charge < -0.3 is 24.7 Å². The third-order valence-electron chi connectivity index (χ3n) is 4.69. The maximum Gasteiger partial charge on any atom is 0.251 e. The molecule has 0 bridgehead atoms. The summed E-state index contributed by atoms with van der Waals surface area (Å²) in [6.07, 6.45) is 0. The minimum atomic E-state index is -0.263. The van der Waals surface area contributed by atoms with Crippen LogP contribution >= 0.6 is 39.3 Å². The van der Waals surface area contributed by atoms with Gasteiger partial charge in [-0.1, -0.05) is 23.4 Å². The zero-order valence-electron chi connectivity index (χ0n) is 17.4. The second kappa shape index (κ2) is 10.4. The summed E-state index contributed by atoms with van der Waals surface area (Å²) in [5, 5.41) is 15.1. The van der Waals surface area contributed by atoms with Gasteiger partial charge in [0.15, 0.2) is 22.5 Å². The lowest BCUT2D eigenvalue weighted by atomic mass is 10.2. The standard InChI is InChI=1S/C21H19BrClN5O4S/c1-2-28-18(9-24-20(30)12-3-6-16-17(7-12)32-11-31-16)26-27-21(28)33-10-19(29)25-13-4-5-14(22)15(23)8-13/h3-8H,2,9-11H2,1H3,(H,24,30)(H,25,29). The van der Waals surface area contributed by atoms with Gasteiger partial charge in [-0.25, -0.2) is 0 Å². The predicted octanol–water partition coefficient (Wildman–Crippen LogP) is 4.10. The monoisotopic (exact) mass is 551 g/mol. The Balaban J connectivity index is 1.33. The van der Waals surface area contributed by atoms with Crippen LogP contribution in [0.5, 0.6) is 11.5 Å². The minimum absolute atomic E-state index is 0.148. The first-order valence-electron chi connectivity index (χ1n) is 9.92. The molecule has 33 heavy (non-hydrogen) atoms. The SMILES string of the molecule is CCn1c(CNC(=O)c2ccc3c(c2)OCO3)nnc1SCC(=O)Nc1ccc(Br)c(Cl)c1. The van der Waals surface area contributed by atoms with Crippen molar-refractivity contribution in [2.75, 3.05) is 17.9 Å². The molecule has 1 aliphatic rings. The number of halogens is 2. The van der Waals surface area contributed by atoms with Gasteiger partial charge in [-0.3, -0.25) is 9.59 Å². The van der Waals surface area contributed by atoms with Gasteiger partial charge in [-0.05, 0) is 59.3 Å². The molecule has 0 fully saturated rings. The second-order valence-electron chi connectivity index (χ2n) is 6.86. The largest absolute Gasteiger partial charge is 0.454 e. The summed E-state index contributed by atoms with van der Waals surface area (Å²) < 4.78 is 13.2. The molecule has 1 aromatic heterocycles. The lowest BCUT2D eigenvalue weighted by molar-refractivity contribution is -0.113. The normalized spacial score (nSPS) is 12.0. The second-order valence-corrected chi connectivity index (χ2v) is 9.06. The van der Waals surface area contributed by atoms with E-state index in [2.05, 4.69) is 36.8 Å². The first-order chi connectivity index (χ1) is 15.9. The number of ether oxygens (including phenoxy) is 2. The van der Waals surface area contributed by atoms with E-state index in [-0.39, 0.29) is 30.9 Å². The highest BCUT2D eigenvalue weighted by Gasteiger charge is 2.18. The molecule has 4 rings (SSSR count). The molecular weight excluding hydrogens is 534 g/mol. The number of nitrogens with zero attached hydrogens (tertiary/aromatic N) is 3. The van der Waals surface area contributed by atoms with Crippen molar-refractivity contribution >= 4 is 56.8 Å². The molecule has 2 N–H and O–H groups in total. The van der Waals surface area contributed by atoms with Gasteiger partial charge in [0.1, 0.15) is 0 Å². The summed E-state index contributed by atoms with van der Waals surface area (Å²) in [6.45, 7) is 2.88. The molecule has 2 aromatic carbocycles. The molecule has 2 amide bonds. The van der Waals surface area contributed by atoms with Crippen LogP contribution in [-0.2, 0) is 17.9 Å². The van der Waals surface area contributed by atoms with Crippen molar-refractivity contribution in [2.24, 2.45) is 0 Å². The maximum absolute atomic E-state index is 12.5. The summed E-state index contributed by atoms with van der Waals surface area (Å²) in [6, 6.07) is 10.2. The fourth-order valence-corrected chi connectivity index (χ4v) is 4.32. The predicted molar refractivity (Wildman–Crippen MR) is 128 cm³/mol.